The second-order valence-corrected chi connectivity index (χ2v) is 5.37. The zero-order chi connectivity index (χ0) is 17.2. The van der Waals surface area contributed by atoms with Crippen LogP contribution in [0.15, 0.2) is 53.5 Å². The van der Waals surface area contributed by atoms with Crippen molar-refractivity contribution < 1.29 is 9.47 Å². The molecule has 0 atom stereocenters. The van der Waals surface area contributed by atoms with Gasteiger partial charge in [-0.2, -0.15) is 0 Å². The Labute approximate surface area is 143 Å². The maximum atomic E-state index is 5.95. The SMILES string of the molecule is CCc1ccc(NC(N)=NCc2cccc(OCCOC)c2)cc1. The molecule has 0 aliphatic rings. The van der Waals surface area contributed by atoms with Crippen LogP contribution >= 0.6 is 0 Å². The van der Waals surface area contributed by atoms with Gasteiger partial charge >= 0.3 is 0 Å². The molecule has 0 bridgehead atoms. The number of anilines is 1. The van der Waals surface area contributed by atoms with Crippen LogP contribution in [0.25, 0.3) is 0 Å². The quantitative estimate of drug-likeness (QED) is 0.444. The molecule has 0 heterocycles. The fraction of sp³-hybridized carbons (Fsp3) is 0.316. The number of methoxy groups -OCH3 is 1. The predicted molar refractivity (Wildman–Crippen MR) is 98.6 cm³/mol. The smallest absolute Gasteiger partial charge is 0.193 e. The van der Waals surface area contributed by atoms with Gasteiger partial charge in [-0.1, -0.05) is 31.2 Å². The lowest BCUT2D eigenvalue weighted by molar-refractivity contribution is 0.146. The maximum absolute atomic E-state index is 5.95. The molecule has 0 aliphatic carbocycles. The average Bonchev–Trinajstić information content (AvgIpc) is 2.61. The molecule has 2 rings (SSSR count). The molecule has 24 heavy (non-hydrogen) atoms. The summed E-state index contributed by atoms with van der Waals surface area (Å²) in [6, 6.07) is 16.0. The normalized spacial score (nSPS) is 11.3. The van der Waals surface area contributed by atoms with Crippen molar-refractivity contribution in [3.8, 4) is 5.75 Å². The Morgan fingerprint density at radius 3 is 2.58 bits per heavy atom. The van der Waals surface area contributed by atoms with Gasteiger partial charge in [0.25, 0.3) is 0 Å². The van der Waals surface area contributed by atoms with Crippen LogP contribution in [0, 0.1) is 0 Å². The zero-order valence-corrected chi connectivity index (χ0v) is 14.3. The highest BCUT2D eigenvalue weighted by Gasteiger charge is 1.99. The molecule has 0 unspecified atom stereocenters. The van der Waals surface area contributed by atoms with Crippen molar-refractivity contribution in [1.82, 2.24) is 0 Å². The van der Waals surface area contributed by atoms with Gasteiger partial charge in [-0.3, -0.25) is 0 Å². The van der Waals surface area contributed by atoms with Crippen molar-refractivity contribution in [2.24, 2.45) is 10.7 Å². The second-order valence-electron chi connectivity index (χ2n) is 5.37. The highest BCUT2D eigenvalue weighted by molar-refractivity contribution is 5.92. The summed E-state index contributed by atoms with van der Waals surface area (Å²) in [5.41, 5.74) is 9.22. The maximum Gasteiger partial charge on any atom is 0.193 e. The van der Waals surface area contributed by atoms with Gasteiger partial charge in [-0.15, -0.1) is 0 Å². The Morgan fingerprint density at radius 2 is 1.88 bits per heavy atom. The third-order valence-corrected chi connectivity index (χ3v) is 3.52. The molecule has 0 fully saturated rings. The lowest BCUT2D eigenvalue weighted by atomic mass is 10.1. The predicted octanol–water partition coefficient (Wildman–Crippen LogP) is 3.20. The van der Waals surface area contributed by atoms with Crippen molar-refractivity contribution in [2.75, 3.05) is 25.6 Å². The molecule has 0 saturated carbocycles. The van der Waals surface area contributed by atoms with Crippen LogP contribution in [0.4, 0.5) is 5.69 Å². The molecule has 128 valence electrons. The summed E-state index contributed by atoms with van der Waals surface area (Å²) in [5, 5.41) is 3.10. The van der Waals surface area contributed by atoms with E-state index in [0.29, 0.717) is 25.7 Å². The first-order chi connectivity index (χ1) is 11.7. The van der Waals surface area contributed by atoms with Crippen molar-refractivity contribution >= 4 is 11.6 Å². The van der Waals surface area contributed by atoms with Crippen molar-refractivity contribution in [3.05, 3.63) is 59.7 Å². The van der Waals surface area contributed by atoms with Gasteiger partial charge in [0.05, 0.1) is 13.2 Å². The van der Waals surface area contributed by atoms with E-state index in [9.17, 15) is 0 Å². The number of aryl methyl sites for hydroxylation is 1. The van der Waals surface area contributed by atoms with E-state index in [0.717, 1.165) is 23.4 Å². The van der Waals surface area contributed by atoms with Crippen LogP contribution in [0.5, 0.6) is 5.75 Å². The molecule has 0 radical (unpaired) electrons. The Balaban J connectivity index is 1.90. The van der Waals surface area contributed by atoms with Crippen molar-refractivity contribution in [2.45, 2.75) is 19.9 Å². The van der Waals surface area contributed by atoms with E-state index in [1.807, 2.05) is 36.4 Å². The fourth-order valence-electron chi connectivity index (χ4n) is 2.16. The van der Waals surface area contributed by atoms with Gasteiger partial charge in [0.1, 0.15) is 12.4 Å². The number of guanidine groups is 1. The first-order valence-corrected chi connectivity index (χ1v) is 8.08. The molecule has 5 heteroatoms. The largest absolute Gasteiger partial charge is 0.491 e. The summed E-state index contributed by atoms with van der Waals surface area (Å²) in [7, 11) is 1.65. The molecule has 0 aliphatic heterocycles. The third kappa shape index (κ3) is 5.93. The summed E-state index contributed by atoms with van der Waals surface area (Å²) in [6.45, 7) is 3.72. The average molecular weight is 327 g/mol. The van der Waals surface area contributed by atoms with Crippen LogP contribution in [-0.2, 0) is 17.7 Å². The van der Waals surface area contributed by atoms with E-state index in [-0.39, 0.29) is 0 Å². The van der Waals surface area contributed by atoms with E-state index >= 15 is 0 Å². The summed E-state index contributed by atoms with van der Waals surface area (Å²) in [6.07, 6.45) is 1.02. The standard InChI is InChI=1S/C19H25N3O2/c1-3-15-7-9-17(10-8-15)22-19(20)21-14-16-5-4-6-18(13-16)24-12-11-23-2/h4-10,13H,3,11-12,14H2,1-2H3,(H3,20,21,22). The molecule has 0 saturated heterocycles. The van der Waals surface area contributed by atoms with Gasteiger partial charge in [-0.25, -0.2) is 4.99 Å². The summed E-state index contributed by atoms with van der Waals surface area (Å²) in [4.78, 5) is 4.37. The number of hydrogen-bond donors (Lipinski definition) is 2. The molecule has 0 aromatic heterocycles. The number of rotatable bonds is 8. The van der Waals surface area contributed by atoms with Gasteiger partial charge < -0.3 is 20.5 Å². The van der Waals surface area contributed by atoms with Crippen LogP contribution in [-0.4, -0.2) is 26.3 Å². The number of aliphatic imine (C=N–C) groups is 1. The number of ether oxygens (including phenoxy) is 2. The van der Waals surface area contributed by atoms with E-state index < -0.39 is 0 Å². The fourth-order valence-corrected chi connectivity index (χ4v) is 2.16. The first-order valence-electron chi connectivity index (χ1n) is 8.08. The monoisotopic (exact) mass is 327 g/mol. The molecule has 3 N–H and O–H groups in total. The lowest BCUT2D eigenvalue weighted by Gasteiger charge is -2.08. The zero-order valence-electron chi connectivity index (χ0n) is 14.3. The number of hydrogen-bond acceptors (Lipinski definition) is 3. The highest BCUT2D eigenvalue weighted by Crippen LogP contribution is 2.14. The molecular weight excluding hydrogens is 302 g/mol. The number of nitrogens with zero attached hydrogens (tertiary/aromatic N) is 1. The Bertz CT molecular complexity index is 654. The Hall–Kier alpha value is -2.53. The second kappa shape index (κ2) is 9.57. The topological polar surface area (TPSA) is 68.9 Å². The van der Waals surface area contributed by atoms with Crippen LogP contribution in [0.1, 0.15) is 18.1 Å². The van der Waals surface area contributed by atoms with Gasteiger partial charge in [0.2, 0.25) is 0 Å². The third-order valence-electron chi connectivity index (χ3n) is 3.52. The first kappa shape index (κ1) is 17.8. The van der Waals surface area contributed by atoms with E-state index in [1.165, 1.54) is 5.56 Å². The number of nitrogens with two attached hydrogens (primary N) is 1. The minimum Gasteiger partial charge on any atom is -0.491 e. The molecular formula is C19H25N3O2. The number of nitrogens with one attached hydrogen (secondary N) is 1. The Morgan fingerprint density at radius 1 is 1.08 bits per heavy atom. The van der Waals surface area contributed by atoms with Crippen LogP contribution in [0.3, 0.4) is 0 Å². The highest BCUT2D eigenvalue weighted by atomic mass is 16.5. The number of benzene rings is 2. The van der Waals surface area contributed by atoms with E-state index in [1.54, 1.807) is 7.11 Å². The minimum absolute atomic E-state index is 0.393. The minimum atomic E-state index is 0.393. The van der Waals surface area contributed by atoms with Crippen molar-refractivity contribution in [3.63, 3.8) is 0 Å². The van der Waals surface area contributed by atoms with Crippen LogP contribution < -0.4 is 15.8 Å². The molecule has 2 aromatic carbocycles. The molecule has 0 spiro atoms. The van der Waals surface area contributed by atoms with E-state index in [4.69, 9.17) is 15.2 Å². The van der Waals surface area contributed by atoms with Gasteiger partial charge in [0.15, 0.2) is 5.96 Å². The van der Waals surface area contributed by atoms with Crippen LogP contribution in [0.2, 0.25) is 0 Å². The molecule has 0 amide bonds. The Kier molecular flexibility index (Phi) is 7.11. The molecule has 2 aromatic rings. The summed E-state index contributed by atoms with van der Waals surface area (Å²) >= 11 is 0. The van der Waals surface area contributed by atoms with Crippen molar-refractivity contribution in [1.29, 1.82) is 0 Å². The van der Waals surface area contributed by atoms with E-state index in [2.05, 4.69) is 29.4 Å². The summed E-state index contributed by atoms with van der Waals surface area (Å²) in [5.74, 6) is 1.20. The summed E-state index contributed by atoms with van der Waals surface area (Å²) < 4.78 is 10.6. The lowest BCUT2D eigenvalue weighted by Crippen LogP contribution is -2.22. The van der Waals surface area contributed by atoms with Gasteiger partial charge in [-0.05, 0) is 41.8 Å². The van der Waals surface area contributed by atoms with Gasteiger partial charge in [0, 0.05) is 12.8 Å². The molecule has 5 nitrogen and oxygen atoms in total.